The molecule has 0 unspecified atom stereocenters. The second-order valence-electron chi connectivity index (χ2n) is 5.63. The number of fused-ring (bicyclic) bond motifs is 1. The average Bonchev–Trinajstić information content (AvgIpc) is 3.34. The lowest BCUT2D eigenvalue weighted by atomic mass is 10.0. The van der Waals surface area contributed by atoms with Crippen LogP contribution in [0.1, 0.15) is 30.1 Å². The summed E-state index contributed by atoms with van der Waals surface area (Å²) in [6, 6.07) is 10.2. The zero-order valence-electron chi connectivity index (χ0n) is 11.9. The summed E-state index contributed by atoms with van der Waals surface area (Å²) in [6.07, 6.45) is 4.14. The Balaban J connectivity index is 1.90. The zero-order valence-corrected chi connectivity index (χ0v) is 11.9. The largest absolute Gasteiger partial charge is 0.383 e. The molecule has 0 bridgehead atoms. The molecule has 1 saturated carbocycles. The van der Waals surface area contributed by atoms with Crippen molar-refractivity contribution in [3.63, 3.8) is 0 Å². The summed E-state index contributed by atoms with van der Waals surface area (Å²) >= 11 is 0. The van der Waals surface area contributed by atoms with Gasteiger partial charge in [0.15, 0.2) is 0 Å². The number of nitrogen functional groups attached to an aromatic ring is 1. The Kier molecular flexibility index (Phi) is 2.64. The Morgan fingerprint density at radius 2 is 2.00 bits per heavy atom. The zero-order chi connectivity index (χ0) is 14.4. The first-order chi connectivity index (χ1) is 10.2. The fourth-order valence-electron chi connectivity index (χ4n) is 2.57. The number of hydrogen-bond acceptors (Lipinski definition) is 4. The maximum absolute atomic E-state index is 6.07. The van der Waals surface area contributed by atoms with E-state index in [1.807, 2.05) is 19.2 Å². The Hall–Kier alpha value is -2.49. The van der Waals surface area contributed by atoms with E-state index in [-0.39, 0.29) is 0 Å². The molecule has 4 rings (SSSR count). The Labute approximate surface area is 123 Å². The van der Waals surface area contributed by atoms with E-state index in [4.69, 9.17) is 10.7 Å². The molecule has 4 nitrogen and oxygen atoms in total. The number of nitrogens with two attached hydrogens (primary N) is 1. The van der Waals surface area contributed by atoms with Crippen LogP contribution in [0.2, 0.25) is 0 Å². The number of pyridine rings is 1. The highest BCUT2D eigenvalue weighted by molar-refractivity contribution is 5.84. The summed E-state index contributed by atoms with van der Waals surface area (Å²) in [5.74, 6) is 1.96. The van der Waals surface area contributed by atoms with E-state index in [1.54, 1.807) is 0 Å². The summed E-state index contributed by atoms with van der Waals surface area (Å²) in [6.45, 7) is 1.98. The maximum Gasteiger partial charge on any atom is 0.134 e. The van der Waals surface area contributed by atoms with Crippen molar-refractivity contribution in [2.45, 2.75) is 25.7 Å². The normalized spacial score (nSPS) is 14.5. The maximum atomic E-state index is 6.07. The lowest BCUT2D eigenvalue weighted by Crippen LogP contribution is -2.04. The van der Waals surface area contributed by atoms with Crippen LogP contribution in [0.4, 0.5) is 5.82 Å². The number of benzene rings is 1. The van der Waals surface area contributed by atoms with E-state index in [9.17, 15) is 0 Å². The van der Waals surface area contributed by atoms with E-state index < -0.39 is 0 Å². The molecule has 4 heteroatoms. The van der Waals surface area contributed by atoms with Gasteiger partial charge < -0.3 is 5.73 Å². The minimum Gasteiger partial charge on any atom is -0.383 e. The first kappa shape index (κ1) is 12.3. The Morgan fingerprint density at radius 3 is 2.81 bits per heavy atom. The van der Waals surface area contributed by atoms with Crippen LogP contribution in [0, 0.1) is 6.92 Å². The van der Waals surface area contributed by atoms with Gasteiger partial charge in [-0.1, -0.05) is 18.2 Å². The number of anilines is 1. The molecule has 1 aromatic carbocycles. The first-order valence-corrected chi connectivity index (χ1v) is 7.21. The third kappa shape index (κ3) is 2.13. The third-order valence-corrected chi connectivity index (χ3v) is 4.02. The molecule has 2 aromatic heterocycles. The lowest BCUT2D eigenvalue weighted by Gasteiger charge is -2.10. The molecular formula is C17H16N4. The van der Waals surface area contributed by atoms with Crippen molar-refractivity contribution >= 4 is 16.7 Å². The molecule has 0 saturated heterocycles. The van der Waals surface area contributed by atoms with E-state index >= 15 is 0 Å². The quantitative estimate of drug-likeness (QED) is 0.778. The molecule has 1 aliphatic carbocycles. The van der Waals surface area contributed by atoms with Crippen LogP contribution in [-0.4, -0.2) is 15.0 Å². The van der Waals surface area contributed by atoms with Crippen LogP contribution in [0.5, 0.6) is 0 Å². The van der Waals surface area contributed by atoms with E-state index in [0.717, 1.165) is 33.5 Å². The first-order valence-electron chi connectivity index (χ1n) is 7.21. The summed E-state index contributed by atoms with van der Waals surface area (Å²) in [5, 5.41) is 1.13. The van der Waals surface area contributed by atoms with Crippen molar-refractivity contribution in [2.75, 3.05) is 5.73 Å². The smallest absolute Gasteiger partial charge is 0.134 e. The van der Waals surface area contributed by atoms with Crippen molar-refractivity contribution in [1.82, 2.24) is 15.0 Å². The van der Waals surface area contributed by atoms with Crippen LogP contribution >= 0.6 is 0 Å². The molecule has 0 amide bonds. The summed E-state index contributed by atoms with van der Waals surface area (Å²) in [7, 11) is 0. The lowest BCUT2D eigenvalue weighted by molar-refractivity contribution is 0.928. The van der Waals surface area contributed by atoms with Crippen LogP contribution in [0.25, 0.3) is 22.2 Å². The van der Waals surface area contributed by atoms with Crippen LogP contribution < -0.4 is 5.73 Å². The van der Waals surface area contributed by atoms with Gasteiger partial charge in [0.05, 0.1) is 11.2 Å². The Morgan fingerprint density at radius 1 is 1.14 bits per heavy atom. The van der Waals surface area contributed by atoms with Crippen molar-refractivity contribution in [3.05, 3.63) is 47.9 Å². The van der Waals surface area contributed by atoms with Gasteiger partial charge in [0.25, 0.3) is 0 Å². The molecule has 1 aliphatic rings. The summed E-state index contributed by atoms with van der Waals surface area (Å²) in [5.41, 5.74) is 9.96. The minimum atomic E-state index is 0.491. The van der Waals surface area contributed by atoms with Crippen molar-refractivity contribution in [3.8, 4) is 11.3 Å². The minimum absolute atomic E-state index is 0.491. The summed E-state index contributed by atoms with van der Waals surface area (Å²) in [4.78, 5) is 13.6. The van der Waals surface area contributed by atoms with Gasteiger partial charge in [-0.25, -0.2) is 9.97 Å². The van der Waals surface area contributed by atoms with E-state index in [0.29, 0.717) is 11.7 Å². The second kappa shape index (κ2) is 4.52. The molecule has 0 spiro atoms. The van der Waals surface area contributed by atoms with Crippen LogP contribution in [0.3, 0.4) is 0 Å². The Bertz CT molecular complexity index is 837. The fourth-order valence-corrected chi connectivity index (χ4v) is 2.57. The highest BCUT2D eigenvalue weighted by Crippen LogP contribution is 2.39. The fraction of sp³-hybridized carbons (Fsp3) is 0.235. The predicted octanol–water partition coefficient (Wildman–Crippen LogP) is 3.46. The van der Waals surface area contributed by atoms with E-state index in [2.05, 4.69) is 34.2 Å². The molecule has 2 heterocycles. The SMILES string of the molecule is Cc1c(N)nc(C2CC2)nc1-c1ccc2cccnc2c1. The van der Waals surface area contributed by atoms with Gasteiger partial charge in [-0.05, 0) is 31.9 Å². The summed E-state index contributed by atoms with van der Waals surface area (Å²) < 4.78 is 0. The third-order valence-electron chi connectivity index (χ3n) is 4.02. The number of hydrogen-bond donors (Lipinski definition) is 1. The molecular weight excluding hydrogens is 260 g/mol. The second-order valence-corrected chi connectivity index (χ2v) is 5.63. The monoisotopic (exact) mass is 276 g/mol. The molecule has 2 N–H and O–H groups in total. The van der Waals surface area contributed by atoms with Gasteiger partial charge in [0, 0.05) is 28.6 Å². The highest BCUT2D eigenvalue weighted by atomic mass is 15.0. The molecule has 0 aliphatic heterocycles. The predicted molar refractivity (Wildman–Crippen MR) is 83.9 cm³/mol. The van der Waals surface area contributed by atoms with Crippen molar-refractivity contribution in [1.29, 1.82) is 0 Å². The number of nitrogens with zero attached hydrogens (tertiary/aromatic N) is 3. The molecule has 1 fully saturated rings. The van der Waals surface area contributed by atoms with Gasteiger partial charge >= 0.3 is 0 Å². The topological polar surface area (TPSA) is 64.7 Å². The van der Waals surface area contributed by atoms with Gasteiger partial charge in [-0.3, -0.25) is 4.98 Å². The molecule has 3 aromatic rings. The average molecular weight is 276 g/mol. The van der Waals surface area contributed by atoms with Gasteiger partial charge in [-0.15, -0.1) is 0 Å². The van der Waals surface area contributed by atoms with Crippen LogP contribution in [0.15, 0.2) is 36.5 Å². The molecule has 0 radical (unpaired) electrons. The number of rotatable bonds is 2. The van der Waals surface area contributed by atoms with Crippen LogP contribution in [-0.2, 0) is 0 Å². The molecule has 104 valence electrons. The number of aromatic nitrogens is 3. The van der Waals surface area contributed by atoms with Gasteiger partial charge in [0.2, 0.25) is 0 Å². The molecule has 0 atom stereocenters. The molecule has 21 heavy (non-hydrogen) atoms. The standard InChI is InChI=1S/C17H16N4/c1-10-15(20-17(12-5-6-12)21-16(10)18)13-7-4-11-3-2-8-19-14(11)9-13/h2-4,7-9,12H,5-6H2,1H3,(H2,18,20,21). The van der Waals surface area contributed by atoms with Gasteiger partial charge in [0.1, 0.15) is 11.6 Å². The van der Waals surface area contributed by atoms with E-state index in [1.165, 1.54) is 12.8 Å². The van der Waals surface area contributed by atoms with Crippen molar-refractivity contribution in [2.24, 2.45) is 0 Å². The van der Waals surface area contributed by atoms with Gasteiger partial charge in [-0.2, -0.15) is 0 Å². The van der Waals surface area contributed by atoms with Crippen molar-refractivity contribution < 1.29 is 0 Å². The highest BCUT2D eigenvalue weighted by Gasteiger charge is 2.28.